The molecule has 0 aliphatic carbocycles. The van der Waals surface area contributed by atoms with Crippen LogP contribution in [0.15, 0.2) is 28.7 Å². The fourth-order valence-corrected chi connectivity index (χ4v) is 2.13. The zero-order chi connectivity index (χ0) is 13.9. The maximum absolute atomic E-state index is 13.5. The normalized spacial score (nSPS) is 18.1. The summed E-state index contributed by atoms with van der Waals surface area (Å²) in [5.74, 6) is -0.772. The lowest BCUT2D eigenvalue weighted by Gasteiger charge is -2.03. The Morgan fingerprint density at radius 1 is 1.40 bits per heavy atom. The van der Waals surface area contributed by atoms with Crippen molar-refractivity contribution < 1.29 is 13.6 Å². The SMILES string of the molecule is O=C(Nc1nnc(C2CCCN2)o1)c1ccccc1F. The van der Waals surface area contributed by atoms with Gasteiger partial charge in [-0.3, -0.25) is 10.1 Å². The molecule has 1 aliphatic rings. The summed E-state index contributed by atoms with van der Waals surface area (Å²) < 4.78 is 18.8. The average molecular weight is 276 g/mol. The maximum Gasteiger partial charge on any atom is 0.322 e. The molecule has 2 N–H and O–H groups in total. The van der Waals surface area contributed by atoms with E-state index < -0.39 is 11.7 Å². The molecule has 104 valence electrons. The molecule has 3 rings (SSSR count). The minimum absolute atomic E-state index is 0.0260. The molecule has 1 aromatic carbocycles. The van der Waals surface area contributed by atoms with E-state index in [1.165, 1.54) is 18.2 Å². The molecule has 1 saturated heterocycles. The van der Waals surface area contributed by atoms with E-state index >= 15 is 0 Å². The second-order valence-corrected chi connectivity index (χ2v) is 4.53. The van der Waals surface area contributed by atoms with Gasteiger partial charge in [-0.2, -0.15) is 0 Å². The highest BCUT2D eigenvalue weighted by molar-refractivity contribution is 6.03. The van der Waals surface area contributed by atoms with Crippen molar-refractivity contribution in [3.63, 3.8) is 0 Å². The van der Waals surface area contributed by atoms with E-state index in [2.05, 4.69) is 20.8 Å². The first kappa shape index (κ1) is 12.7. The second kappa shape index (κ2) is 5.38. The van der Waals surface area contributed by atoms with Crippen LogP contribution in [0.5, 0.6) is 0 Å². The second-order valence-electron chi connectivity index (χ2n) is 4.53. The molecule has 0 bridgehead atoms. The molecule has 20 heavy (non-hydrogen) atoms. The number of carbonyl (C=O) groups excluding carboxylic acids is 1. The first-order chi connectivity index (χ1) is 9.74. The van der Waals surface area contributed by atoms with Crippen molar-refractivity contribution in [3.8, 4) is 0 Å². The Bertz CT molecular complexity index is 622. The van der Waals surface area contributed by atoms with Crippen molar-refractivity contribution in [1.82, 2.24) is 15.5 Å². The summed E-state index contributed by atoms with van der Waals surface area (Å²) in [5, 5.41) is 13.2. The number of aromatic nitrogens is 2. The van der Waals surface area contributed by atoms with E-state index in [1.54, 1.807) is 6.07 Å². The van der Waals surface area contributed by atoms with Crippen LogP contribution >= 0.6 is 0 Å². The molecule has 0 spiro atoms. The minimum Gasteiger partial charge on any atom is -0.406 e. The van der Waals surface area contributed by atoms with Crippen LogP contribution < -0.4 is 10.6 Å². The van der Waals surface area contributed by atoms with Crippen molar-refractivity contribution in [3.05, 3.63) is 41.5 Å². The van der Waals surface area contributed by atoms with Crippen LogP contribution in [0.25, 0.3) is 0 Å². The van der Waals surface area contributed by atoms with Crippen LogP contribution in [0.2, 0.25) is 0 Å². The summed E-state index contributed by atoms with van der Waals surface area (Å²) in [6.45, 7) is 0.907. The number of nitrogens with zero attached hydrogens (tertiary/aromatic N) is 2. The van der Waals surface area contributed by atoms with E-state index in [1.807, 2.05) is 0 Å². The molecule has 1 aliphatic heterocycles. The molecule has 2 aromatic rings. The summed E-state index contributed by atoms with van der Waals surface area (Å²) >= 11 is 0. The van der Waals surface area contributed by atoms with Gasteiger partial charge >= 0.3 is 6.01 Å². The zero-order valence-electron chi connectivity index (χ0n) is 10.6. The highest BCUT2D eigenvalue weighted by atomic mass is 19.1. The fourth-order valence-electron chi connectivity index (χ4n) is 2.13. The molecule has 7 heteroatoms. The predicted octanol–water partition coefficient (Wildman–Crippen LogP) is 1.89. The molecule has 2 heterocycles. The standard InChI is InChI=1S/C13H13FN4O2/c14-9-5-2-1-4-8(9)11(19)16-13-18-17-12(20-13)10-6-3-7-15-10/h1-2,4-5,10,15H,3,6-7H2,(H,16,18,19). The Morgan fingerprint density at radius 2 is 2.25 bits per heavy atom. The fraction of sp³-hybridized carbons (Fsp3) is 0.308. The molecule has 6 nitrogen and oxygen atoms in total. The van der Waals surface area contributed by atoms with Gasteiger partial charge in [0.25, 0.3) is 5.91 Å². The van der Waals surface area contributed by atoms with Gasteiger partial charge in [0.05, 0.1) is 11.6 Å². The Balaban J connectivity index is 1.72. The third-order valence-electron chi connectivity index (χ3n) is 3.14. The van der Waals surface area contributed by atoms with Gasteiger partial charge in [0.1, 0.15) is 5.82 Å². The lowest BCUT2D eigenvalue weighted by atomic mass is 10.2. The third kappa shape index (κ3) is 2.53. The molecule has 1 aromatic heterocycles. The van der Waals surface area contributed by atoms with Crippen molar-refractivity contribution in [1.29, 1.82) is 0 Å². The van der Waals surface area contributed by atoms with E-state index in [4.69, 9.17) is 4.42 Å². The van der Waals surface area contributed by atoms with E-state index in [-0.39, 0.29) is 17.6 Å². The first-order valence-corrected chi connectivity index (χ1v) is 6.37. The average Bonchev–Trinajstić information content (AvgIpc) is 3.09. The van der Waals surface area contributed by atoms with Crippen molar-refractivity contribution in [2.45, 2.75) is 18.9 Å². The molecule has 0 radical (unpaired) electrons. The van der Waals surface area contributed by atoms with Gasteiger partial charge in [-0.1, -0.05) is 17.2 Å². The van der Waals surface area contributed by atoms with Crippen LogP contribution in [-0.4, -0.2) is 22.6 Å². The number of hydrogen-bond acceptors (Lipinski definition) is 5. The summed E-state index contributed by atoms with van der Waals surface area (Å²) in [6.07, 6.45) is 1.97. The highest BCUT2D eigenvalue weighted by Crippen LogP contribution is 2.23. The molecule has 1 unspecified atom stereocenters. The number of benzene rings is 1. The summed E-state index contributed by atoms with van der Waals surface area (Å²) in [5.41, 5.74) is -0.0637. The number of carbonyl (C=O) groups is 1. The topological polar surface area (TPSA) is 80.0 Å². The monoisotopic (exact) mass is 276 g/mol. The number of nitrogens with one attached hydrogen (secondary N) is 2. The Morgan fingerprint density at radius 3 is 3.00 bits per heavy atom. The van der Waals surface area contributed by atoms with Crippen LogP contribution in [0, 0.1) is 5.82 Å². The van der Waals surface area contributed by atoms with Gasteiger partial charge in [0.2, 0.25) is 5.89 Å². The lowest BCUT2D eigenvalue weighted by Crippen LogP contribution is -2.14. The van der Waals surface area contributed by atoms with E-state index in [0.717, 1.165) is 19.4 Å². The van der Waals surface area contributed by atoms with Crippen LogP contribution in [-0.2, 0) is 0 Å². The number of anilines is 1. The van der Waals surface area contributed by atoms with Crippen molar-refractivity contribution in [2.24, 2.45) is 0 Å². The Hall–Kier alpha value is -2.28. The highest BCUT2D eigenvalue weighted by Gasteiger charge is 2.23. The van der Waals surface area contributed by atoms with Gasteiger partial charge in [-0.05, 0) is 31.5 Å². The summed E-state index contributed by atoms with van der Waals surface area (Å²) in [6, 6.07) is 5.71. The smallest absolute Gasteiger partial charge is 0.322 e. The van der Waals surface area contributed by atoms with Gasteiger partial charge in [0, 0.05) is 0 Å². The number of halogens is 1. The van der Waals surface area contributed by atoms with Crippen LogP contribution in [0.4, 0.5) is 10.4 Å². The van der Waals surface area contributed by atoms with Gasteiger partial charge < -0.3 is 9.73 Å². The predicted molar refractivity (Wildman–Crippen MR) is 68.6 cm³/mol. The van der Waals surface area contributed by atoms with Gasteiger partial charge in [0.15, 0.2) is 0 Å². The molecular weight excluding hydrogens is 263 g/mol. The van der Waals surface area contributed by atoms with Crippen LogP contribution in [0.1, 0.15) is 35.1 Å². The summed E-state index contributed by atoms with van der Waals surface area (Å²) in [4.78, 5) is 11.9. The molecule has 1 fully saturated rings. The summed E-state index contributed by atoms with van der Waals surface area (Å²) in [7, 11) is 0. The molecule has 1 atom stereocenters. The lowest BCUT2D eigenvalue weighted by molar-refractivity contribution is 0.102. The van der Waals surface area contributed by atoms with Gasteiger partial charge in [-0.15, -0.1) is 5.10 Å². The van der Waals surface area contributed by atoms with Crippen molar-refractivity contribution >= 4 is 11.9 Å². The largest absolute Gasteiger partial charge is 0.406 e. The van der Waals surface area contributed by atoms with E-state index in [0.29, 0.717) is 5.89 Å². The Kier molecular flexibility index (Phi) is 3.42. The molecule has 1 amide bonds. The first-order valence-electron chi connectivity index (χ1n) is 6.37. The zero-order valence-corrected chi connectivity index (χ0v) is 10.6. The van der Waals surface area contributed by atoms with Crippen LogP contribution in [0.3, 0.4) is 0 Å². The Labute approximate surface area is 114 Å². The molecular formula is C13H13FN4O2. The number of hydrogen-bond donors (Lipinski definition) is 2. The maximum atomic E-state index is 13.5. The third-order valence-corrected chi connectivity index (χ3v) is 3.14. The van der Waals surface area contributed by atoms with Gasteiger partial charge in [-0.25, -0.2) is 4.39 Å². The van der Waals surface area contributed by atoms with E-state index in [9.17, 15) is 9.18 Å². The number of amides is 1. The quantitative estimate of drug-likeness (QED) is 0.894. The molecule has 0 saturated carbocycles. The van der Waals surface area contributed by atoms with Crippen molar-refractivity contribution in [2.75, 3.05) is 11.9 Å². The minimum atomic E-state index is -0.613. The number of rotatable bonds is 3.